The Balaban J connectivity index is 1.87. The molecule has 0 saturated carbocycles. The minimum atomic E-state index is -0.759. The molecule has 1 unspecified atom stereocenters. The molecule has 3 aromatic rings. The Hall–Kier alpha value is -3.15. The SMILES string of the molecule is CCc1nc2ccccc2c(=O)n1NC(=O)C(C)Oc1ccccc1. The third-order valence-electron chi connectivity index (χ3n) is 3.81. The molecule has 3 rings (SSSR count). The fourth-order valence-electron chi connectivity index (χ4n) is 2.49. The minimum Gasteiger partial charge on any atom is -0.481 e. The molecule has 1 amide bonds. The maximum Gasteiger partial charge on any atom is 0.280 e. The summed E-state index contributed by atoms with van der Waals surface area (Å²) in [5.74, 6) is 0.659. The first-order valence-corrected chi connectivity index (χ1v) is 8.13. The summed E-state index contributed by atoms with van der Waals surface area (Å²) < 4.78 is 6.81. The maximum atomic E-state index is 12.7. The molecule has 1 heterocycles. The van der Waals surface area contributed by atoms with Gasteiger partial charge in [-0.1, -0.05) is 37.3 Å². The summed E-state index contributed by atoms with van der Waals surface area (Å²) in [6, 6.07) is 16.1. The van der Waals surface area contributed by atoms with E-state index in [-0.39, 0.29) is 5.56 Å². The average molecular weight is 337 g/mol. The number of amides is 1. The molecule has 0 spiro atoms. The van der Waals surface area contributed by atoms with Gasteiger partial charge in [0.1, 0.15) is 11.6 Å². The lowest BCUT2D eigenvalue weighted by atomic mass is 10.2. The van der Waals surface area contributed by atoms with E-state index in [2.05, 4.69) is 10.4 Å². The molecular formula is C19H19N3O3. The molecule has 0 aliphatic carbocycles. The van der Waals surface area contributed by atoms with Crippen LogP contribution in [0.25, 0.3) is 10.9 Å². The van der Waals surface area contributed by atoms with Crippen LogP contribution in [0.1, 0.15) is 19.7 Å². The van der Waals surface area contributed by atoms with E-state index >= 15 is 0 Å². The third kappa shape index (κ3) is 3.52. The number of aromatic nitrogens is 2. The predicted molar refractivity (Wildman–Crippen MR) is 96.3 cm³/mol. The number of aryl methyl sites for hydroxylation is 1. The first-order valence-electron chi connectivity index (χ1n) is 8.13. The van der Waals surface area contributed by atoms with E-state index < -0.39 is 12.0 Å². The van der Waals surface area contributed by atoms with Gasteiger partial charge in [0.2, 0.25) is 0 Å². The number of benzene rings is 2. The van der Waals surface area contributed by atoms with Crippen molar-refractivity contribution < 1.29 is 9.53 Å². The zero-order valence-corrected chi connectivity index (χ0v) is 14.1. The normalized spacial score (nSPS) is 11.9. The van der Waals surface area contributed by atoms with Crippen molar-refractivity contribution in [3.05, 3.63) is 70.8 Å². The molecule has 0 aliphatic rings. The summed E-state index contributed by atoms with van der Waals surface area (Å²) in [5, 5.41) is 0.455. The lowest BCUT2D eigenvalue weighted by molar-refractivity contribution is -0.123. The van der Waals surface area contributed by atoms with Crippen molar-refractivity contribution in [2.75, 3.05) is 5.43 Å². The molecule has 0 saturated heterocycles. The summed E-state index contributed by atoms with van der Waals surface area (Å²) in [6.45, 7) is 3.51. The smallest absolute Gasteiger partial charge is 0.280 e. The van der Waals surface area contributed by atoms with E-state index in [1.165, 1.54) is 4.68 Å². The van der Waals surface area contributed by atoms with Crippen molar-refractivity contribution in [2.24, 2.45) is 0 Å². The Morgan fingerprint density at radius 3 is 2.56 bits per heavy atom. The topological polar surface area (TPSA) is 73.2 Å². The van der Waals surface area contributed by atoms with Gasteiger partial charge in [-0.3, -0.25) is 15.0 Å². The highest BCUT2D eigenvalue weighted by Crippen LogP contribution is 2.11. The standard InChI is InChI=1S/C19H19N3O3/c1-3-17-20-16-12-8-7-11-15(16)19(24)22(17)21-18(23)13(2)25-14-9-5-4-6-10-14/h4-13H,3H2,1-2H3,(H,21,23). The van der Waals surface area contributed by atoms with Gasteiger partial charge in [0.25, 0.3) is 11.5 Å². The summed E-state index contributed by atoms with van der Waals surface area (Å²) in [7, 11) is 0. The molecule has 0 bridgehead atoms. The molecular weight excluding hydrogens is 318 g/mol. The second kappa shape index (κ2) is 7.17. The number of hydrogen-bond acceptors (Lipinski definition) is 4. The van der Waals surface area contributed by atoms with E-state index in [4.69, 9.17) is 4.74 Å². The highest BCUT2D eigenvalue weighted by atomic mass is 16.5. The Morgan fingerprint density at radius 1 is 1.16 bits per heavy atom. The fourth-order valence-corrected chi connectivity index (χ4v) is 2.49. The van der Waals surface area contributed by atoms with Gasteiger partial charge in [-0.25, -0.2) is 9.66 Å². The fraction of sp³-hybridized carbons (Fsp3) is 0.211. The number of nitrogens with one attached hydrogen (secondary N) is 1. The molecule has 0 fully saturated rings. The summed E-state index contributed by atoms with van der Waals surface area (Å²) in [5.41, 5.74) is 2.93. The van der Waals surface area contributed by atoms with E-state index in [0.717, 1.165) is 0 Å². The maximum absolute atomic E-state index is 12.7. The van der Waals surface area contributed by atoms with Gasteiger partial charge in [-0.05, 0) is 31.2 Å². The zero-order valence-electron chi connectivity index (χ0n) is 14.1. The molecule has 1 atom stereocenters. The monoisotopic (exact) mass is 337 g/mol. The van der Waals surface area contributed by atoms with Gasteiger partial charge in [-0.15, -0.1) is 0 Å². The lowest BCUT2D eigenvalue weighted by Gasteiger charge is -2.17. The number of fused-ring (bicyclic) bond motifs is 1. The van der Waals surface area contributed by atoms with E-state index in [0.29, 0.717) is 28.9 Å². The van der Waals surface area contributed by atoms with Crippen LogP contribution in [0.5, 0.6) is 5.75 Å². The largest absolute Gasteiger partial charge is 0.481 e. The van der Waals surface area contributed by atoms with Gasteiger partial charge in [-0.2, -0.15) is 0 Å². The summed E-state index contributed by atoms with van der Waals surface area (Å²) in [4.78, 5) is 29.6. The van der Waals surface area contributed by atoms with Crippen LogP contribution in [-0.4, -0.2) is 21.7 Å². The van der Waals surface area contributed by atoms with Crippen LogP contribution in [-0.2, 0) is 11.2 Å². The molecule has 2 aromatic carbocycles. The minimum absolute atomic E-state index is 0.303. The van der Waals surface area contributed by atoms with Crippen LogP contribution in [0.2, 0.25) is 0 Å². The second-order valence-electron chi connectivity index (χ2n) is 5.59. The van der Waals surface area contributed by atoms with Crippen molar-refractivity contribution in [3.8, 4) is 5.75 Å². The predicted octanol–water partition coefficient (Wildman–Crippen LogP) is 2.50. The molecule has 0 radical (unpaired) electrons. The molecule has 25 heavy (non-hydrogen) atoms. The number of ether oxygens (including phenoxy) is 1. The number of nitrogens with zero attached hydrogens (tertiary/aromatic N) is 2. The van der Waals surface area contributed by atoms with Gasteiger partial charge >= 0.3 is 0 Å². The van der Waals surface area contributed by atoms with Crippen molar-refractivity contribution in [2.45, 2.75) is 26.4 Å². The summed E-state index contributed by atoms with van der Waals surface area (Å²) in [6.07, 6.45) is -0.251. The highest BCUT2D eigenvalue weighted by Gasteiger charge is 2.18. The van der Waals surface area contributed by atoms with Crippen LogP contribution in [0.15, 0.2) is 59.4 Å². The van der Waals surface area contributed by atoms with Gasteiger partial charge in [0.05, 0.1) is 10.9 Å². The van der Waals surface area contributed by atoms with Crippen LogP contribution < -0.4 is 15.7 Å². The van der Waals surface area contributed by atoms with Crippen LogP contribution in [0, 0.1) is 0 Å². The van der Waals surface area contributed by atoms with Crippen molar-refractivity contribution in [1.29, 1.82) is 0 Å². The van der Waals surface area contributed by atoms with Gasteiger partial charge in [0, 0.05) is 6.42 Å². The summed E-state index contributed by atoms with van der Waals surface area (Å²) >= 11 is 0. The number of para-hydroxylation sites is 2. The van der Waals surface area contributed by atoms with Crippen LogP contribution >= 0.6 is 0 Å². The second-order valence-corrected chi connectivity index (χ2v) is 5.59. The first-order chi connectivity index (χ1) is 12.1. The average Bonchev–Trinajstić information content (AvgIpc) is 2.64. The quantitative estimate of drug-likeness (QED) is 0.776. The molecule has 1 aromatic heterocycles. The van der Waals surface area contributed by atoms with Crippen LogP contribution in [0.4, 0.5) is 0 Å². The number of rotatable bonds is 5. The van der Waals surface area contributed by atoms with Gasteiger partial charge < -0.3 is 4.74 Å². The molecule has 0 aliphatic heterocycles. The third-order valence-corrected chi connectivity index (χ3v) is 3.81. The number of carbonyl (C=O) groups is 1. The molecule has 1 N–H and O–H groups in total. The molecule has 6 nitrogen and oxygen atoms in total. The zero-order chi connectivity index (χ0) is 17.8. The van der Waals surface area contributed by atoms with Crippen LogP contribution in [0.3, 0.4) is 0 Å². The lowest BCUT2D eigenvalue weighted by Crippen LogP contribution is -2.41. The first kappa shape index (κ1) is 16.7. The van der Waals surface area contributed by atoms with Gasteiger partial charge in [0.15, 0.2) is 6.10 Å². The Kier molecular flexibility index (Phi) is 4.79. The van der Waals surface area contributed by atoms with E-state index in [9.17, 15) is 9.59 Å². The van der Waals surface area contributed by atoms with Crippen molar-refractivity contribution >= 4 is 16.8 Å². The number of hydrogen-bond donors (Lipinski definition) is 1. The Labute approximate surface area is 145 Å². The van der Waals surface area contributed by atoms with Crippen molar-refractivity contribution in [1.82, 2.24) is 9.66 Å². The molecule has 128 valence electrons. The molecule has 6 heteroatoms. The van der Waals surface area contributed by atoms with E-state index in [1.54, 1.807) is 37.3 Å². The van der Waals surface area contributed by atoms with Crippen molar-refractivity contribution in [3.63, 3.8) is 0 Å². The Morgan fingerprint density at radius 2 is 1.84 bits per heavy atom. The van der Waals surface area contributed by atoms with E-state index in [1.807, 2.05) is 31.2 Å². The highest BCUT2D eigenvalue weighted by molar-refractivity contribution is 5.88. The number of carbonyl (C=O) groups excluding carboxylic acids is 1. The Bertz CT molecular complexity index is 951.